The summed E-state index contributed by atoms with van der Waals surface area (Å²) in [6.07, 6.45) is 1.13. The molecule has 0 amide bonds. The van der Waals surface area contributed by atoms with Gasteiger partial charge in [-0.1, -0.05) is 48.5 Å². The summed E-state index contributed by atoms with van der Waals surface area (Å²) < 4.78 is 11.2. The second-order valence-electron chi connectivity index (χ2n) is 10.7. The predicted octanol–water partition coefficient (Wildman–Crippen LogP) is 5.35. The molecule has 0 saturated heterocycles. The number of carboxylic acids is 1. The van der Waals surface area contributed by atoms with Crippen molar-refractivity contribution in [3.63, 3.8) is 0 Å². The minimum atomic E-state index is -1.04. The minimum absolute atomic E-state index is 0.147. The van der Waals surface area contributed by atoms with Gasteiger partial charge in [-0.25, -0.2) is 9.97 Å². The number of aromatic nitrogens is 2. The fourth-order valence-electron chi connectivity index (χ4n) is 5.40. The highest BCUT2D eigenvalue weighted by Crippen LogP contribution is 2.37. The maximum absolute atomic E-state index is 10.8. The number of carboxylic acid groups (broad SMARTS) is 1. The number of aliphatic hydroxyl groups excluding tert-OH is 2. The molecule has 0 bridgehead atoms. The van der Waals surface area contributed by atoms with Gasteiger partial charge >= 0.3 is 5.97 Å². The average Bonchev–Trinajstić information content (AvgIpc) is 3.01. The van der Waals surface area contributed by atoms with Gasteiger partial charge in [-0.05, 0) is 67.5 Å². The van der Waals surface area contributed by atoms with Crippen molar-refractivity contribution in [1.29, 1.82) is 0 Å². The van der Waals surface area contributed by atoms with E-state index in [1.54, 1.807) is 14.2 Å². The highest BCUT2D eigenvalue weighted by molar-refractivity contribution is 5.82. The lowest BCUT2D eigenvalue weighted by atomic mass is 9.89. The van der Waals surface area contributed by atoms with Crippen LogP contribution in [0.5, 0.6) is 11.8 Å². The second kappa shape index (κ2) is 15.4. The third kappa shape index (κ3) is 7.79. The number of aryl methyl sites for hydroxylation is 1. The van der Waals surface area contributed by atoms with Gasteiger partial charge in [-0.3, -0.25) is 4.79 Å². The molecule has 2 aromatic carbocycles. The number of benzene rings is 2. The summed E-state index contributed by atoms with van der Waals surface area (Å²) >= 11 is 0. The van der Waals surface area contributed by atoms with Gasteiger partial charge in [-0.15, -0.1) is 0 Å². The summed E-state index contributed by atoms with van der Waals surface area (Å²) in [5.74, 6) is 0.0308. The number of hydrogen-bond acceptors (Lipinski definition) is 8. The van der Waals surface area contributed by atoms with E-state index in [-0.39, 0.29) is 19.6 Å². The zero-order chi connectivity index (χ0) is 31.6. The first-order chi connectivity index (χ1) is 21.3. The number of aliphatic carboxylic acids is 1. The molecule has 0 aliphatic carbocycles. The minimum Gasteiger partial charge on any atom is -0.481 e. The summed E-state index contributed by atoms with van der Waals surface area (Å²) in [5, 5.41) is 30.9. The molecule has 9 heteroatoms. The van der Waals surface area contributed by atoms with Crippen molar-refractivity contribution >= 4 is 5.97 Å². The van der Waals surface area contributed by atoms with Gasteiger partial charge in [0, 0.05) is 42.0 Å². The van der Waals surface area contributed by atoms with Crippen molar-refractivity contribution in [1.82, 2.24) is 15.3 Å². The Labute approximate surface area is 258 Å². The standard InChI is InChI=1S/C35H41N3O6/c1-22-27(10-7-12-29(22)31-16-14-24(9-5-6-18-39)34(37-31)43-3)28-11-8-13-30(23(28)2)32-17-15-25(35(38-32)44-4)20-36-21-26(40)19-33(41)42/h7-8,10-17,26,36,39-40H,5-6,9,18-21H2,1-4H3,(H,41,42)/t26-/m0/s1. The number of hydrogen-bond donors (Lipinski definition) is 4. The molecular weight excluding hydrogens is 558 g/mol. The molecule has 9 nitrogen and oxygen atoms in total. The van der Waals surface area contributed by atoms with Crippen LogP contribution < -0.4 is 14.8 Å². The Morgan fingerprint density at radius 2 is 1.32 bits per heavy atom. The number of carbonyl (C=O) groups is 1. The fourth-order valence-corrected chi connectivity index (χ4v) is 5.40. The molecule has 0 unspecified atom stereocenters. The second-order valence-corrected chi connectivity index (χ2v) is 10.7. The highest BCUT2D eigenvalue weighted by atomic mass is 16.5. The van der Waals surface area contributed by atoms with E-state index in [0.29, 0.717) is 18.3 Å². The Bertz CT molecular complexity index is 1590. The highest BCUT2D eigenvalue weighted by Gasteiger charge is 2.17. The van der Waals surface area contributed by atoms with E-state index < -0.39 is 12.1 Å². The van der Waals surface area contributed by atoms with E-state index in [2.05, 4.69) is 43.4 Å². The van der Waals surface area contributed by atoms with Gasteiger partial charge < -0.3 is 30.1 Å². The Kier molecular flexibility index (Phi) is 11.4. The molecule has 4 aromatic rings. The maximum atomic E-state index is 10.8. The number of rotatable bonds is 15. The van der Waals surface area contributed by atoms with Crippen LogP contribution in [0.3, 0.4) is 0 Å². The van der Waals surface area contributed by atoms with E-state index in [1.807, 2.05) is 36.4 Å². The summed E-state index contributed by atoms with van der Waals surface area (Å²) in [7, 11) is 3.20. The van der Waals surface area contributed by atoms with Crippen LogP contribution in [-0.4, -0.2) is 64.7 Å². The smallest absolute Gasteiger partial charge is 0.306 e. The molecule has 0 radical (unpaired) electrons. The van der Waals surface area contributed by atoms with Crippen molar-refractivity contribution in [2.75, 3.05) is 27.4 Å². The molecular formula is C35H41N3O6. The zero-order valence-corrected chi connectivity index (χ0v) is 25.8. The number of nitrogens with one attached hydrogen (secondary N) is 1. The van der Waals surface area contributed by atoms with Crippen LogP contribution in [0, 0.1) is 13.8 Å². The van der Waals surface area contributed by atoms with Crippen molar-refractivity contribution < 1.29 is 29.6 Å². The summed E-state index contributed by atoms with van der Waals surface area (Å²) in [6.45, 7) is 4.90. The fraction of sp³-hybridized carbons (Fsp3) is 0.343. The molecule has 0 aliphatic heterocycles. The molecule has 0 aliphatic rings. The van der Waals surface area contributed by atoms with Crippen LogP contribution >= 0.6 is 0 Å². The van der Waals surface area contributed by atoms with E-state index in [1.165, 1.54) is 0 Å². The largest absolute Gasteiger partial charge is 0.481 e. The molecule has 2 aromatic heterocycles. The van der Waals surface area contributed by atoms with E-state index in [9.17, 15) is 9.90 Å². The first-order valence-corrected chi connectivity index (χ1v) is 14.8. The molecule has 4 N–H and O–H groups in total. The van der Waals surface area contributed by atoms with Crippen molar-refractivity contribution in [2.45, 2.75) is 52.2 Å². The molecule has 0 saturated carbocycles. The SMILES string of the molecule is COc1nc(-c2cccc(-c3cccc(-c4ccc(CNC[C@@H](O)CC(=O)O)c(OC)n4)c3C)c2C)ccc1CCCCO. The van der Waals surface area contributed by atoms with Crippen LogP contribution in [0.1, 0.15) is 41.5 Å². The molecule has 4 rings (SSSR count). The normalized spacial score (nSPS) is 11.8. The molecule has 44 heavy (non-hydrogen) atoms. The van der Waals surface area contributed by atoms with Crippen LogP contribution in [-0.2, 0) is 17.8 Å². The van der Waals surface area contributed by atoms with Gasteiger partial charge in [-0.2, -0.15) is 0 Å². The van der Waals surface area contributed by atoms with Gasteiger partial charge in [0.2, 0.25) is 11.8 Å². The monoisotopic (exact) mass is 599 g/mol. The van der Waals surface area contributed by atoms with Crippen molar-refractivity contribution in [3.8, 4) is 45.4 Å². The number of aliphatic hydroxyl groups is 2. The van der Waals surface area contributed by atoms with Crippen LogP contribution in [0.25, 0.3) is 33.6 Å². The van der Waals surface area contributed by atoms with Crippen LogP contribution in [0.15, 0.2) is 60.7 Å². The molecule has 2 heterocycles. The third-order valence-electron chi connectivity index (χ3n) is 7.73. The summed E-state index contributed by atoms with van der Waals surface area (Å²) in [6, 6.07) is 20.4. The maximum Gasteiger partial charge on any atom is 0.306 e. The predicted molar refractivity (Wildman–Crippen MR) is 171 cm³/mol. The number of methoxy groups -OCH3 is 2. The van der Waals surface area contributed by atoms with Crippen LogP contribution in [0.4, 0.5) is 0 Å². The lowest BCUT2D eigenvalue weighted by molar-refractivity contribution is -0.139. The Hall–Kier alpha value is -4.31. The van der Waals surface area contributed by atoms with Gasteiger partial charge in [0.1, 0.15) is 0 Å². The van der Waals surface area contributed by atoms with Crippen LogP contribution in [0.2, 0.25) is 0 Å². The molecule has 1 atom stereocenters. The Morgan fingerprint density at radius 3 is 1.84 bits per heavy atom. The quantitative estimate of drug-likeness (QED) is 0.133. The Morgan fingerprint density at radius 1 is 0.795 bits per heavy atom. The topological polar surface area (TPSA) is 134 Å². The Balaban J connectivity index is 1.62. The first-order valence-electron chi connectivity index (χ1n) is 14.8. The molecule has 232 valence electrons. The van der Waals surface area contributed by atoms with Gasteiger partial charge in [0.05, 0.1) is 38.1 Å². The number of ether oxygens (including phenoxy) is 2. The van der Waals surface area contributed by atoms with E-state index in [0.717, 1.165) is 75.2 Å². The number of unbranched alkanes of at least 4 members (excludes halogenated alkanes) is 1. The summed E-state index contributed by atoms with van der Waals surface area (Å²) in [5.41, 5.74) is 9.82. The molecule has 0 spiro atoms. The number of nitrogens with zero attached hydrogens (tertiary/aromatic N) is 2. The molecule has 0 fully saturated rings. The first kappa shape index (κ1) is 32.6. The number of pyridine rings is 2. The van der Waals surface area contributed by atoms with Crippen molar-refractivity contribution in [2.24, 2.45) is 0 Å². The lowest BCUT2D eigenvalue weighted by Crippen LogP contribution is -2.28. The lowest BCUT2D eigenvalue weighted by Gasteiger charge is -2.17. The van der Waals surface area contributed by atoms with Gasteiger partial charge in [0.25, 0.3) is 0 Å². The van der Waals surface area contributed by atoms with Gasteiger partial charge in [0.15, 0.2) is 0 Å². The van der Waals surface area contributed by atoms with E-state index >= 15 is 0 Å². The average molecular weight is 600 g/mol. The summed E-state index contributed by atoms with van der Waals surface area (Å²) in [4.78, 5) is 20.4. The van der Waals surface area contributed by atoms with Crippen molar-refractivity contribution in [3.05, 3.63) is 82.9 Å². The van der Waals surface area contributed by atoms with E-state index in [4.69, 9.17) is 29.7 Å². The zero-order valence-electron chi connectivity index (χ0n) is 25.8. The third-order valence-corrected chi connectivity index (χ3v) is 7.73.